The molecule has 0 spiro atoms. The second-order valence-corrected chi connectivity index (χ2v) is 6.16. The summed E-state index contributed by atoms with van der Waals surface area (Å²) in [4.78, 5) is 12.3. The highest BCUT2D eigenvalue weighted by molar-refractivity contribution is 5.91. The minimum absolute atomic E-state index is 0.0182. The quantitative estimate of drug-likeness (QED) is 0.927. The van der Waals surface area contributed by atoms with Crippen molar-refractivity contribution >= 4 is 11.6 Å². The maximum atomic E-state index is 12.3. The van der Waals surface area contributed by atoms with Crippen LogP contribution in [0.25, 0.3) is 0 Å². The van der Waals surface area contributed by atoms with Gasteiger partial charge in [-0.15, -0.1) is 0 Å². The second kappa shape index (κ2) is 6.34. The maximum Gasteiger partial charge on any atom is 0.226 e. The number of nitrogens with one attached hydrogen (secondary N) is 1. The number of nitrogens with zero attached hydrogens (tertiary/aromatic N) is 2. The molecule has 1 atom stereocenters. The molecule has 4 heteroatoms. The van der Waals surface area contributed by atoms with Crippen molar-refractivity contribution in [2.24, 2.45) is 0 Å². The number of carbonyl (C=O) groups is 1. The summed E-state index contributed by atoms with van der Waals surface area (Å²) >= 11 is 0. The third-order valence-electron chi connectivity index (χ3n) is 4.24. The molecule has 0 radical (unpaired) electrons. The highest BCUT2D eigenvalue weighted by Gasteiger charge is 2.16. The highest BCUT2D eigenvalue weighted by atomic mass is 16.1. The second-order valence-electron chi connectivity index (χ2n) is 6.16. The van der Waals surface area contributed by atoms with Crippen molar-refractivity contribution in [3.05, 3.63) is 46.3 Å². The van der Waals surface area contributed by atoms with Crippen molar-refractivity contribution in [1.29, 1.82) is 0 Å². The van der Waals surface area contributed by atoms with Crippen LogP contribution in [0.3, 0.4) is 0 Å². The van der Waals surface area contributed by atoms with Crippen molar-refractivity contribution < 1.29 is 4.79 Å². The van der Waals surface area contributed by atoms with Gasteiger partial charge in [0.1, 0.15) is 0 Å². The van der Waals surface area contributed by atoms with Gasteiger partial charge >= 0.3 is 0 Å². The largest absolute Gasteiger partial charge is 0.326 e. The molecule has 1 amide bonds. The smallest absolute Gasteiger partial charge is 0.226 e. The normalized spacial score (nSPS) is 12.3. The number of amides is 1. The number of carbonyl (C=O) groups excluding carboxylic acids is 1. The van der Waals surface area contributed by atoms with E-state index in [0.717, 1.165) is 22.6 Å². The molecule has 2 rings (SSSR count). The Bertz CT molecular complexity index is 701. The van der Waals surface area contributed by atoms with E-state index in [1.54, 1.807) is 0 Å². The maximum absolute atomic E-state index is 12.3. The van der Waals surface area contributed by atoms with E-state index >= 15 is 0 Å². The van der Waals surface area contributed by atoms with E-state index < -0.39 is 0 Å². The SMILES string of the molecule is Cc1ccc(NC(=O)C[C@H](C)n2nc(C)c(C)c2C)c(C)c1. The molecule has 0 saturated heterocycles. The fraction of sp³-hybridized carbons (Fsp3) is 0.444. The molecule has 1 heterocycles. The van der Waals surface area contributed by atoms with Crippen molar-refractivity contribution in [3.63, 3.8) is 0 Å². The third kappa shape index (κ3) is 3.38. The predicted molar refractivity (Wildman–Crippen MR) is 90.3 cm³/mol. The van der Waals surface area contributed by atoms with Crippen LogP contribution < -0.4 is 5.32 Å². The summed E-state index contributed by atoms with van der Waals surface area (Å²) in [5.74, 6) is 0.0182. The predicted octanol–water partition coefficient (Wildman–Crippen LogP) is 4.02. The molecular weight excluding hydrogens is 274 g/mol. The topological polar surface area (TPSA) is 46.9 Å². The van der Waals surface area contributed by atoms with Gasteiger partial charge < -0.3 is 5.32 Å². The van der Waals surface area contributed by atoms with Crippen LogP contribution in [-0.2, 0) is 4.79 Å². The van der Waals surface area contributed by atoms with Gasteiger partial charge in [0.15, 0.2) is 0 Å². The summed E-state index contributed by atoms with van der Waals surface area (Å²) < 4.78 is 1.95. The Kier molecular flexibility index (Phi) is 4.69. The minimum atomic E-state index is 0.0182. The summed E-state index contributed by atoms with van der Waals surface area (Å²) in [5, 5.41) is 7.53. The monoisotopic (exact) mass is 299 g/mol. The van der Waals surface area contributed by atoms with Gasteiger partial charge in [0.25, 0.3) is 0 Å². The number of hydrogen-bond acceptors (Lipinski definition) is 2. The molecule has 1 aromatic heterocycles. The van der Waals surface area contributed by atoms with E-state index in [1.165, 1.54) is 11.1 Å². The fourth-order valence-electron chi connectivity index (χ4n) is 2.68. The first-order valence-electron chi connectivity index (χ1n) is 7.69. The Morgan fingerprint density at radius 2 is 1.91 bits per heavy atom. The van der Waals surface area contributed by atoms with E-state index in [2.05, 4.69) is 23.4 Å². The lowest BCUT2D eigenvalue weighted by molar-refractivity contribution is -0.116. The molecule has 0 fully saturated rings. The van der Waals surface area contributed by atoms with Crippen LogP contribution in [-0.4, -0.2) is 15.7 Å². The average molecular weight is 299 g/mol. The number of aromatic nitrogens is 2. The van der Waals surface area contributed by atoms with E-state index in [9.17, 15) is 4.79 Å². The molecule has 4 nitrogen and oxygen atoms in total. The molecular formula is C18H25N3O. The average Bonchev–Trinajstić information content (AvgIpc) is 2.70. The lowest BCUT2D eigenvalue weighted by Crippen LogP contribution is -2.19. The fourth-order valence-corrected chi connectivity index (χ4v) is 2.68. The number of hydrogen-bond donors (Lipinski definition) is 1. The van der Waals surface area contributed by atoms with Crippen molar-refractivity contribution in [1.82, 2.24) is 9.78 Å². The summed E-state index contributed by atoms with van der Waals surface area (Å²) in [6, 6.07) is 6.08. The summed E-state index contributed by atoms with van der Waals surface area (Å²) in [6.45, 7) is 12.2. The first kappa shape index (κ1) is 16.3. The molecule has 0 unspecified atom stereocenters. The van der Waals surface area contributed by atoms with Gasteiger partial charge in [-0.05, 0) is 58.7 Å². The van der Waals surface area contributed by atoms with E-state index in [-0.39, 0.29) is 11.9 Å². The Morgan fingerprint density at radius 3 is 2.45 bits per heavy atom. The Labute approximate surface area is 132 Å². The van der Waals surface area contributed by atoms with Crippen LogP contribution in [0.4, 0.5) is 5.69 Å². The van der Waals surface area contributed by atoms with Crippen LogP contribution in [0.15, 0.2) is 18.2 Å². The van der Waals surface area contributed by atoms with Crippen molar-refractivity contribution in [2.75, 3.05) is 5.32 Å². The van der Waals surface area contributed by atoms with E-state index in [0.29, 0.717) is 6.42 Å². The van der Waals surface area contributed by atoms with Gasteiger partial charge in [0.05, 0.1) is 11.7 Å². The van der Waals surface area contributed by atoms with Gasteiger partial charge in [0, 0.05) is 17.8 Å². The van der Waals surface area contributed by atoms with Gasteiger partial charge in [-0.3, -0.25) is 9.48 Å². The molecule has 0 saturated carbocycles. The summed E-state index contributed by atoms with van der Waals surface area (Å²) in [7, 11) is 0. The molecule has 22 heavy (non-hydrogen) atoms. The minimum Gasteiger partial charge on any atom is -0.326 e. The van der Waals surface area contributed by atoms with E-state index in [4.69, 9.17) is 0 Å². The molecule has 0 bridgehead atoms. The summed E-state index contributed by atoms with van der Waals surface area (Å²) in [6.07, 6.45) is 0.411. The number of rotatable bonds is 4. The van der Waals surface area contributed by atoms with Crippen LogP contribution in [0.2, 0.25) is 0 Å². The first-order valence-corrected chi connectivity index (χ1v) is 7.69. The molecule has 2 aromatic rings. The van der Waals surface area contributed by atoms with Crippen LogP contribution >= 0.6 is 0 Å². The van der Waals surface area contributed by atoms with Crippen molar-refractivity contribution in [3.8, 4) is 0 Å². The zero-order valence-corrected chi connectivity index (χ0v) is 14.3. The lowest BCUT2D eigenvalue weighted by atomic mass is 10.1. The Balaban J connectivity index is 2.06. The molecule has 0 aliphatic rings. The number of aryl methyl sites for hydroxylation is 3. The van der Waals surface area contributed by atoms with E-state index in [1.807, 2.05) is 51.4 Å². The molecule has 118 valence electrons. The highest BCUT2D eigenvalue weighted by Crippen LogP contribution is 2.20. The standard InChI is InChI=1S/C18H25N3O/c1-11-7-8-17(12(2)9-11)19-18(22)10-13(3)21-16(6)14(4)15(5)20-21/h7-9,13H,10H2,1-6H3,(H,19,22)/t13-/m0/s1. The van der Waals surface area contributed by atoms with Crippen LogP contribution in [0, 0.1) is 34.6 Å². The Hall–Kier alpha value is -2.10. The molecule has 1 aromatic carbocycles. The van der Waals surface area contributed by atoms with Crippen molar-refractivity contribution in [2.45, 2.75) is 54.0 Å². The molecule has 1 N–H and O–H groups in total. The summed E-state index contributed by atoms with van der Waals surface area (Å²) in [5.41, 5.74) is 6.52. The van der Waals surface area contributed by atoms with Crippen LogP contribution in [0.1, 0.15) is 47.5 Å². The zero-order chi connectivity index (χ0) is 16.4. The third-order valence-corrected chi connectivity index (χ3v) is 4.24. The first-order chi connectivity index (χ1) is 10.3. The van der Waals surface area contributed by atoms with Gasteiger partial charge in [-0.1, -0.05) is 17.7 Å². The van der Waals surface area contributed by atoms with Gasteiger partial charge in [-0.2, -0.15) is 5.10 Å². The number of anilines is 1. The molecule has 0 aliphatic carbocycles. The van der Waals surface area contributed by atoms with Gasteiger partial charge in [-0.25, -0.2) is 0 Å². The van der Waals surface area contributed by atoms with Gasteiger partial charge in [0.2, 0.25) is 5.91 Å². The number of benzene rings is 1. The Morgan fingerprint density at radius 1 is 1.23 bits per heavy atom. The molecule has 0 aliphatic heterocycles. The zero-order valence-electron chi connectivity index (χ0n) is 14.3. The lowest BCUT2D eigenvalue weighted by Gasteiger charge is -2.15. The van der Waals surface area contributed by atoms with Crippen LogP contribution in [0.5, 0.6) is 0 Å².